The Morgan fingerprint density at radius 2 is 1.60 bits per heavy atom. The van der Waals surface area contributed by atoms with E-state index in [2.05, 4.69) is 26.8 Å². The SMILES string of the molecule is CC(C)(C)C(=O)N1CCC(C(=O)NNC(=O)c2ccc(Br)cc2)CC1. The number of nitrogens with one attached hydrogen (secondary N) is 2. The molecule has 1 aliphatic rings. The van der Waals surface area contributed by atoms with E-state index in [0.717, 1.165) is 4.47 Å². The van der Waals surface area contributed by atoms with Crippen LogP contribution in [0.1, 0.15) is 44.0 Å². The van der Waals surface area contributed by atoms with Crippen LogP contribution in [0.5, 0.6) is 0 Å². The Labute approximate surface area is 156 Å². The van der Waals surface area contributed by atoms with Gasteiger partial charge >= 0.3 is 0 Å². The Balaban J connectivity index is 1.80. The molecular weight excluding hydrogens is 386 g/mol. The van der Waals surface area contributed by atoms with Crippen LogP contribution in [0.4, 0.5) is 0 Å². The van der Waals surface area contributed by atoms with E-state index in [0.29, 0.717) is 31.5 Å². The fraction of sp³-hybridized carbons (Fsp3) is 0.500. The van der Waals surface area contributed by atoms with Gasteiger partial charge in [-0.2, -0.15) is 0 Å². The molecule has 7 heteroatoms. The van der Waals surface area contributed by atoms with Crippen molar-refractivity contribution in [1.82, 2.24) is 15.8 Å². The quantitative estimate of drug-likeness (QED) is 0.736. The van der Waals surface area contributed by atoms with E-state index in [1.165, 1.54) is 0 Å². The van der Waals surface area contributed by atoms with Crippen LogP contribution in [0.25, 0.3) is 0 Å². The summed E-state index contributed by atoms with van der Waals surface area (Å²) in [6, 6.07) is 6.86. The first-order valence-corrected chi connectivity index (χ1v) is 9.13. The van der Waals surface area contributed by atoms with Gasteiger partial charge in [-0.15, -0.1) is 0 Å². The van der Waals surface area contributed by atoms with Gasteiger partial charge in [-0.05, 0) is 37.1 Å². The summed E-state index contributed by atoms with van der Waals surface area (Å²) < 4.78 is 0.879. The summed E-state index contributed by atoms with van der Waals surface area (Å²) in [5, 5.41) is 0. The van der Waals surface area contributed by atoms with Gasteiger partial charge in [0.1, 0.15) is 0 Å². The summed E-state index contributed by atoms with van der Waals surface area (Å²) in [5.41, 5.74) is 4.98. The summed E-state index contributed by atoms with van der Waals surface area (Å²) in [4.78, 5) is 38.3. The second kappa shape index (κ2) is 7.99. The van der Waals surface area contributed by atoms with Gasteiger partial charge in [0.05, 0.1) is 0 Å². The zero-order chi connectivity index (χ0) is 18.6. The molecule has 3 amide bonds. The molecule has 136 valence electrons. The molecule has 0 saturated carbocycles. The maximum atomic E-state index is 12.3. The number of carbonyl (C=O) groups excluding carboxylic acids is 3. The number of likely N-dealkylation sites (tertiary alicyclic amines) is 1. The number of benzene rings is 1. The van der Waals surface area contributed by atoms with Crippen molar-refractivity contribution < 1.29 is 14.4 Å². The molecule has 1 aromatic rings. The highest BCUT2D eigenvalue weighted by atomic mass is 79.9. The lowest BCUT2D eigenvalue weighted by molar-refractivity contribution is -0.142. The van der Waals surface area contributed by atoms with Crippen molar-refractivity contribution in [3.05, 3.63) is 34.3 Å². The Bertz CT molecular complexity index is 645. The summed E-state index contributed by atoms with van der Waals surface area (Å²) in [7, 11) is 0. The van der Waals surface area contributed by atoms with E-state index in [4.69, 9.17) is 0 Å². The van der Waals surface area contributed by atoms with Gasteiger partial charge in [-0.1, -0.05) is 36.7 Å². The normalized spacial score (nSPS) is 15.6. The number of amides is 3. The molecule has 1 fully saturated rings. The Morgan fingerprint density at radius 1 is 1.04 bits per heavy atom. The van der Waals surface area contributed by atoms with E-state index in [1.54, 1.807) is 24.3 Å². The van der Waals surface area contributed by atoms with Gasteiger partial charge in [0.2, 0.25) is 11.8 Å². The molecule has 25 heavy (non-hydrogen) atoms. The summed E-state index contributed by atoms with van der Waals surface area (Å²) in [5.74, 6) is -0.668. The predicted octanol–water partition coefficient (Wildman–Crippen LogP) is 2.49. The third-order valence-electron chi connectivity index (χ3n) is 4.20. The Morgan fingerprint density at radius 3 is 2.12 bits per heavy atom. The first-order valence-electron chi connectivity index (χ1n) is 8.33. The number of nitrogens with zero attached hydrogens (tertiary/aromatic N) is 1. The van der Waals surface area contributed by atoms with Crippen molar-refractivity contribution in [2.45, 2.75) is 33.6 Å². The molecule has 0 spiro atoms. The standard InChI is InChI=1S/C18H24BrN3O3/c1-18(2,3)17(25)22-10-8-13(9-11-22)16(24)21-20-15(23)12-4-6-14(19)7-5-12/h4-7,13H,8-11H2,1-3H3,(H,20,23)(H,21,24). The lowest BCUT2D eigenvalue weighted by Gasteiger charge is -2.35. The molecule has 0 radical (unpaired) electrons. The molecule has 0 aliphatic carbocycles. The van der Waals surface area contributed by atoms with Crippen molar-refractivity contribution in [2.75, 3.05) is 13.1 Å². The van der Waals surface area contributed by atoms with Crippen molar-refractivity contribution in [1.29, 1.82) is 0 Å². The molecular formula is C18H24BrN3O3. The third-order valence-corrected chi connectivity index (χ3v) is 4.73. The van der Waals surface area contributed by atoms with E-state index < -0.39 is 5.41 Å². The second-order valence-electron chi connectivity index (χ2n) is 7.27. The van der Waals surface area contributed by atoms with Gasteiger partial charge in [-0.3, -0.25) is 25.2 Å². The number of hydrogen-bond donors (Lipinski definition) is 2. The highest BCUT2D eigenvalue weighted by Gasteiger charge is 2.32. The number of halogens is 1. The fourth-order valence-corrected chi connectivity index (χ4v) is 2.98. The number of hydrazine groups is 1. The van der Waals surface area contributed by atoms with Crippen molar-refractivity contribution >= 4 is 33.7 Å². The molecule has 1 aliphatic heterocycles. The van der Waals surface area contributed by atoms with E-state index in [-0.39, 0.29) is 23.6 Å². The van der Waals surface area contributed by atoms with Crippen LogP contribution in [0.15, 0.2) is 28.7 Å². The minimum Gasteiger partial charge on any atom is -0.342 e. The lowest BCUT2D eigenvalue weighted by Crippen LogP contribution is -2.49. The van der Waals surface area contributed by atoms with Gasteiger partial charge < -0.3 is 4.90 Å². The predicted molar refractivity (Wildman–Crippen MR) is 98.5 cm³/mol. The van der Waals surface area contributed by atoms with Crippen LogP contribution >= 0.6 is 15.9 Å². The number of carbonyl (C=O) groups is 3. The van der Waals surface area contributed by atoms with Crippen LogP contribution in [0.3, 0.4) is 0 Å². The van der Waals surface area contributed by atoms with Crippen molar-refractivity contribution in [2.24, 2.45) is 11.3 Å². The van der Waals surface area contributed by atoms with Crippen LogP contribution in [0, 0.1) is 11.3 Å². The Kier molecular flexibility index (Phi) is 6.21. The molecule has 2 N–H and O–H groups in total. The van der Waals surface area contributed by atoms with Gasteiger partial charge in [0.25, 0.3) is 5.91 Å². The minimum absolute atomic E-state index is 0.106. The maximum Gasteiger partial charge on any atom is 0.269 e. The topological polar surface area (TPSA) is 78.5 Å². The van der Waals surface area contributed by atoms with Crippen LogP contribution in [-0.4, -0.2) is 35.7 Å². The molecule has 6 nitrogen and oxygen atoms in total. The monoisotopic (exact) mass is 409 g/mol. The van der Waals surface area contributed by atoms with E-state index in [1.807, 2.05) is 25.7 Å². The maximum absolute atomic E-state index is 12.3. The van der Waals surface area contributed by atoms with Crippen LogP contribution in [-0.2, 0) is 9.59 Å². The highest BCUT2D eigenvalue weighted by molar-refractivity contribution is 9.10. The fourth-order valence-electron chi connectivity index (χ4n) is 2.71. The van der Waals surface area contributed by atoms with E-state index >= 15 is 0 Å². The summed E-state index contributed by atoms with van der Waals surface area (Å²) >= 11 is 3.31. The summed E-state index contributed by atoms with van der Waals surface area (Å²) in [6.45, 7) is 6.81. The third kappa shape index (κ3) is 5.29. The van der Waals surface area contributed by atoms with Crippen LogP contribution in [0.2, 0.25) is 0 Å². The van der Waals surface area contributed by atoms with Crippen LogP contribution < -0.4 is 10.9 Å². The van der Waals surface area contributed by atoms with Crippen molar-refractivity contribution in [3.8, 4) is 0 Å². The first-order chi connectivity index (χ1) is 11.7. The summed E-state index contributed by atoms with van der Waals surface area (Å²) in [6.07, 6.45) is 1.20. The molecule has 0 bridgehead atoms. The van der Waals surface area contributed by atoms with Gasteiger partial charge in [0, 0.05) is 34.5 Å². The smallest absolute Gasteiger partial charge is 0.269 e. The molecule has 1 heterocycles. The molecule has 1 saturated heterocycles. The molecule has 1 aromatic carbocycles. The first kappa shape index (κ1) is 19.4. The lowest BCUT2D eigenvalue weighted by atomic mass is 9.91. The molecule has 0 unspecified atom stereocenters. The average molecular weight is 410 g/mol. The largest absolute Gasteiger partial charge is 0.342 e. The molecule has 0 atom stereocenters. The molecule has 2 rings (SSSR count). The van der Waals surface area contributed by atoms with Crippen molar-refractivity contribution in [3.63, 3.8) is 0 Å². The number of piperidine rings is 1. The van der Waals surface area contributed by atoms with E-state index in [9.17, 15) is 14.4 Å². The zero-order valence-corrected chi connectivity index (χ0v) is 16.4. The van der Waals surface area contributed by atoms with Gasteiger partial charge in [0.15, 0.2) is 0 Å². The number of hydrogen-bond acceptors (Lipinski definition) is 3. The second-order valence-corrected chi connectivity index (χ2v) is 8.18. The van der Waals surface area contributed by atoms with Gasteiger partial charge in [-0.25, -0.2) is 0 Å². The Hall–Kier alpha value is -1.89. The minimum atomic E-state index is -0.409. The zero-order valence-electron chi connectivity index (χ0n) is 14.8. The highest BCUT2D eigenvalue weighted by Crippen LogP contribution is 2.23. The molecule has 0 aromatic heterocycles. The number of rotatable bonds is 2. The average Bonchev–Trinajstić information content (AvgIpc) is 2.58.